The first-order chi connectivity index (χ1) is 9.24. The highest BCUT2D eigenvalue weighted by atomic mass is 15.3. The largest absolute Gasteiger partial charge is 0.307 e. The van der Waals surface area contributed by atoms with Gasteiger partial charge in [-0.1, -0.05) is 30.3 Å². The molecular formula is C15H20N4. The van der Waals surface area contributed by atoms with E-state index >= 15 is 0 Å². The summed E-state index contributed by atoms with van der Waals surface area (Å²) in [6.45, 7) is 3.16. The average molecular weight is 256 g/mol. The van der Waals surface area contributed by atoms with Gasteiger partial charge in [0.2, 0.25) is 0 Å². The van der Waals surface area contributed by atoms with Crippen LogP contribution in [0.1, 0.15) is 36.7 Å². The van der Waals surface area contributed by atoms with Crippen LogP contribution in [-0.4, -0.2) is 21.3 Å². The molecule has 1 aromatic carbocycles. The molecule has 3 unspecified atom stereocenters. The fraction of sp³-hybridized carbons (Fsp3) is 0.467. The van der Waals surface area contributed by atoms with E-state index in [1.807, 2.05) is 7.05 Å². The maximum atomic E-state index is 4.33. The van der Waals surface area contributed by atoms with E-state index in [2.05, 4.69) is 52.7 Å². The van der Waals surface area contributed by atoms with E-state index in [1.54, 1.807) is 11.0 Å². The maximum absolute atomic E-state index is 4.33. The van der Waals surface area contributed by atoms with Crippen molar-refractivity contribution in [3.05, 3.63) is 48.0 Å². The number of benzene rings is 1. The van der Waals surface area contributed by atoms with Crippen molar-refractivity contribution in [2.45, 2.75) is 25.3 Å². The van der Waals surface area contributed by atoms with Crippen LogP contribution in [0.3, 0.4) is 0 Å². The summed E-state index contributed by atoms with van der Waals surface area (Å²) < 4.78 is 1.75. The minimum atomic E-state index is 0.221. The van der Waals surface area contributed by atoms with Crippen LogP contribution in [0.25, 0.3) is 0 Å². The van der Waals surface area contributed by atoms with E-state index in [1.165, 1.54) is 12.0 Å². The normalized spacial score (nSPS) is 23.3. The van der Waals surface area contributed by atoms with E-state index in [9.17, 15) is 0 Å². The van der Waals surface area contributed by atoms with Crippen LogP contribution < -0.4 is 5.32 Å². The summed E-state index contributed by atoms with van der Waals surface area (Å²) in [7, 11) is 1.90. The molecule has 3 rings (SSSR count). The summed E-state index contributed by atoms with van der Waals surface area (Å²) in [5.74, 6) is 2.37. The van der Waals surface area contributed by atoms with Crippen molar-refractivity contribution in [2.75, 3.05) is 6.54 Å². The molecule has 1 fully saturated rings. The minimum Gasteiger partial charge on any atom is -0.307 e. The molecule has 1 aromatic heterocycles. The zero-order valence-corrected chi connectivity index (χ0v) is 11.5. The standard InChI is InChI=1S/C15H20N4/c1-11(15-17-10-19(2)18-15)16-9-13-8-14(13)12-6-4-3-5-7-12/h3-7,10-11,13-14,16H,8-9H2,1-2H3. The predicted molar refractivity (Wildman–Crippen MR) is 74.7 cm³/mol. The van der Waals surface area contributed by atoms with Gasteiger partial charge in [0.15, 0.2) is 5.82 Å². The number of nitrogens with zero attached hydrogens (tertiary/aromatic N) is 3. The van der Waals surface area contributed by atoms with Gasteiger partial charge in [-0.2, -0.15) is 5.10 Å². The van der Waals surface area contributed by atoms with Crippen molar-refractivity contribution in [2.24, 2.45) is 13.0 Å². The summed E-state index contributed by atoms with van der Waals surface area (Å²) in [5.41, 5.74) is 1.47. The number of nitrogens with one attached hydrogen (secondary N) is 1. The van der Waals surface area contributed by atoms with Crippen molar-refractivity contribution in [3.8, 4) is 0 Å². The van der Waals surface area contributed by atoms with Crippen LogP contribution in [0, 0.1) is 5.92 Å². The van der Waals surface area contributed by atoms with Gasteiger partial charge >= 0.3 is 0 Å². The van der Waals surface area contributed by atoms with Gasteiger partial charge in [0.25, 0.3) is 0 Å². The molecule has 0 aliphatic heterocycles. The Morgan fingerprint density at radius 3 is 2.84 bits per heavy atom. The minimum absolute atomic E-state index is 0.221. The molecule has 0 saturated heterocycles. The smallest absolute Gasteiger partial charge is 0.167 e. The second-order valence-electron chi connectivity index (χ2n) is 5.42. The van der Waals surface area contributed by atoms with Gasteiger partial charge in [-0.3, -0.25) is 4.68 Å². The summed E-state index contributed by atoms with van der Waals surface area (Å²) in [6, 6.07) is 11.0. The summed E-state index contributed by atoms with van der Waals surface area (Å²) in [6.07, 6.45) is 3.04. The van der Waals surface area contributed by atoms with E-state index in [-0.39, 0.29) is 6.04 Å². The Labute approximate surface area is 113 Å². The number of aromatic nitrogens is 3. The van der Waals surface area contributed by atoms with E-state index in [0.717, 1.165) is 24.2 Å². The van der Waals surface area contributed by atoms with Gasteiger partial charge in [-0.05, 0) is 37.3 Å². The van der Waals surface area contributed by atoms with Crippen LogP contribution in [0.4, 0.5) is 0 Å². The quantitative estimate of drug-likeness (QED) is 0.892. The first-order valence-corrected chi connectivity index (χ1v) is 6.88. The lowest BCUT2D eigenvalue weighted by molar-refractivity contribution is 0.518. The molecule has 19 heavy (non-hydrogen) atoms. The molecule has 2 aromatic rings. The van der Waals surface area contributed by atoms with E-state index in [0.29, 0.717) is 0 Å². The lowest BCUT2D eigenvalue weighted by Gasteiger charge is -2.10. The molecule has 0 spiro atoms. The summed E-state index contributed by atoms with van der Waals surface area (Å²) in [5, 5.41) is 7.86. The third kappa shape index (κ3) is 2.84. The van der Waals surface area contributed by atoms with Crippen molar-refractivity contribution < 1.29 is 0 Å². The van der Waals surface area contributed by atoms with Crippen molar-refractivity contribution in [1.82, 2.24) is 20.1 Å². The molecule has 0 radical (unpaired) electrons. The zero-order valence-electron chi connectivity index (χ0n) is 11.5. The van der Waals surface area contributed by atoms with Crippen molar-refractivity contribution >= 4 is 0 Å². The van der Waals surface area contributed by atoms with Crippen molar-refractivity contribution in [3.63, 3.8) is 0 Å². The van der Waals surface area contributed by atoms with Gasteiger partial charge < -0.3 is 5.32 Å². The fourth-order valence-corrected chi connectivity index (χ4v) is 2.56. The lowest BCUT2D eigenvalue weighted by atomic mass is 10.1. The first-order valence-electron chi connectivity index (χ1n) is 6.88. The maximum Gasteiger partial charge on any atom is 0.167 e. The van der Waals surface area contributed by atoms with Gasteiger partial charge in [0.1, 0.15) is 6.33 Å². The summed E-state index contributed by atoms with van der Waals surface area (Å²) >= 11 is 0. The van der Waals surface area contributed by atoms with E-state index in [4.69, 9.17) is 0 Å². The fourth-order valence-electron chi connectivity index (χ4n) is 2.56. The van der Waals surface area contributed by atoms with Crippen LogP contribution >= 0.6 is 0 Å². The lowest BCUT2D eigenvalue weighted by Crippen LogP contribution is -2.22. The Bertz CT molecular complexity index is 534. The Morgan fingerprint density at radius 1 is 1.37 bits per heavy atom. The molecule has 0 bridgehead atoms. The second kappa shape index (κ2) is 5.13. The average Bonchev–Trinajstić information content (AvgIpc) is 3.09. The number of hydrogen-bond acceptors (Lipinski definition) is 3. The Hall–Kier alpha value is -1.68. The Balaban J connectivity index is 1.49. The van der Waals surface area contributed by atoms with E-state index < -0.39 is 0 Å². The molecule has 1 heterocycles. The molecule has 0 amide bonds. The summed E-state index contributed by atoms with van der Waals surface area (Å²) in [4.78, 5) is 4.28. The molecule has 1 N–H and O–H groups in total. The number of rotatable bonds is 5. The van der Waals surface area contributed by atoms with Gasteiger partial charge in [0, 0.05) is 7.05 Å². The van der Waals surface area contributed by atoms with Gasteiger partial charge in [-0.25, -0.2) is 4.98 Å². The third-order valence-electron chi connectivity index (χ3n) is 3.84. The van der Waals surface area contributed by atoms with Crippen LogP contribution in [-0.2, 0) is 7.05 Å². The first kappa shape index (κ1) is 12.4. The molecule has 1 aliphatic carbocycles. The van der Waals surface area contributed by atoms with Crippen LogP contribution in [0.2, 0.25) is 0 Å². The number of hydrogen-bond donors (Lipinski definition) is 1. The highest BCUT2D eigenvalue weighted by Gasteiger charge is 2.37. The number of aryl methyl sites for hydroxylation is 1. The molecule has 4 nitrogen and oxygen atoms in total. The van der Waals surface area contributed by atoms with Gasteiger partial charge in [-0.15, -0.1) is 0 Å². The van der Waals surface area contributed by atoms with Gasteiger partial charge in [0.05, 0.1) is 6.04 Å². The molecular weight excluding hydrogens is 236 g/mol. The molecule has 1 aliphatic rings. The molecule has 4 heteroatoms. The highest BCUT2D eigenvalue weighted by Crippen LogP contribution is 2.46. The van der Waals surface area contributed by atoms with Crippen molar-refractivity contribution in [1.29, 1.82) is 0 Å². The molecule has 3 atom stereocenters. The van der Waals surface area contributed by atoms with Crippen LogP contribution in [0.15, 0.2) is 36.7 Å². The highest BCUT2D eigenvalue weighted by molar-refractivity contribution is 5.25. The third-order valence-corrected chi connectivity index (χ3v) is 3.84. The predicted octanol–water partition coefficient (Wildman–Crippen LogP) is 2.27. The Kier molecular flexibility index (Phi) is 3.34. The monoisotopic (exact) mass is 256 g/mol. The SMILES string of the molecule is CC(NCC1CC1c1ccccc1)c1ncn(C)n1. The Morgan fingerprint density at radius 2 is 2.16 bits per heavy atom. The second-order valence-corrected chi connectivity index (χ2v) is 5.42. The zero-order chi connectivity index (χ0) is 13.2. The topological polar surface area (TPSA) is 42.7 Å². The molecule has 1 saturated carbocycles. The molecule has 100 valence electrons. The van der Waals surface area contributed by atoms with Crippen LogP contribution in [0.5, 0.6) is 0 Å².